The summed E-state index contributed by atoms with van der Waals surface area (Å²) < 4.78 is 2.10. The molecule has 80 valence electrons. The molecule has 14 heavy (non-hydrogen) atoms. The summed E-state index contributed by atoms with van der Waals surface area (Å²) in [6.07, 6.45) is 4.13. The number of hydrogen-bond acceptors (Lipinski definition) is 1. The van der Waals surface area contributed by atoms with Crippen LogP contribution in [0.2, 0.25) is 0 Å². The highest BCUT2D eigenvalue weighted by Crippen LogP contribution is 2.14. The van der Waals surface area contributed by atoms with Crippen molar-refractivity contribution in [2.24, 2.45) is 5.92 Å². The van der Waals surface area contributed by atoms with Gasteiger partial charge in [-0.25, -0.2) is 0 Å². The second-order valence-corrected chi connectivity index (χ2v) is 4.34. The monoisotopic (exact) mass is 214 g/mol. The molecule has 1 aromatic heterocycles. The molecule has 0 amide bonds. The second-order valence-electron chi connectivity index (χ2n) is 4.08. The molecule has 0 unspecified atom stereocenters. The lowest BCUT2D eigenvalue weighted by Crippen LogP contribution is -2.10. The van der Waals surface area contributed by atoms with Crippen molar-refractivity contribution in [3.8, 4) is 0 Å². The van der Waals surface area contributed by atoms with E-state index in [0.717, 1.165) is 19.4 Å². The molecule has 0 N–H and O–H groups in total. The standard InChI is InChI=1S/C11H19ClN2/c1-4-5-11-10(6-12)7-13-14(11)8-9(2)3/h7,9H,4-6,8H2,1-3H3. The van der Waals surface area contributed by atoms with Crippen LogP contribution in [0.15, 0.2) is 6.20 Å². The van der Waals surface area contributed by atoms with E-state index < -0.39 is 0 Å². The number of alkyl halides is 1. The third-order valence-electron chi connectivity index (χ3n) is 2.20. The molecule has 0 aliphatic heterocycles. The van der Waals surface area contributed by atoms with Gasteiger partial charge >= 0.3 is 0 Å². The van der Waals surface area contributed by atoms with Gasteiger partial charge in [0.15, 0.2) is 0 Å². The molecule has 0 spiro atoms. The van der Waals surface area contributed by atoms with Gasteiger partial charge < -0.3 is 0 Å². The second kappa shape index (κ2) is 5.40. The molecule has 0 aliphatic rings. The van der Waals surface area contributed by atoms with Crippen molar-refractivity contribution in [3.05, 3.63) is 17.5 Å². The summed E-state index contributed by atoms with van der Waals surface area (Å²) in [6.45, 7) is 7.59. The lowest BCUT2D eigenvalue weighted by molar-refractivity contribution is 0.467. The summed E-state index contributed by atoms with van der Waals surface area (Å²) in [4.78, 5) is 0. The van der Waals surface area contributed by atoms with Crippen molar-refractivity contribution in [2.75, 3.05) is 0 Å². The molecule has 1 rings (SSSR count). The number of halogens is 1. The highest BCUT2D eigenvalue weighted by atomic mass is 35.5. The van der Waals surface area contributed by atoms with E-state index >= 15 is 0 Å². The summed E-state index contributed by atoms with van der Waals surface area (Å²) in [5, 5.41) is 4.38. The minimum absolute atomic E-state index is 0.577. The Morgan fingerprint density at radius 1 is 1.50 bits per heavy atom. The smallest absolute Gasteiger partial charge is 0.0536 e. The van der Waals surface area contributed by atoms with Crippen LogP contribution in [-0.4, -0.2) is 9.78 Å². The van der Waals surface area contributed by atoms with Crippen molar-refractivity contribution in [1.82, 2.24) is 9.78 Å². The van der Waals surface area contributed by atoms with Crippen LogP contribution in [-0.2, 0) is 18.8 Å². The first-order valence-electron chi connectivity index (χ1n) is 5.28. The van der Waals surface area contributed by atoms with Gasteiger partial charge in [0.1, 0.15) is 0 Å². The van der Waals surface area contributed by atoms with Gasteiger partial charge in [-0.2, -0.15) is 5.10 Å². The van der Waals surface area contributed by atoms with Crippen molar-refractivity contribution < 1.29 is 0 Å². The van der Waals surface area contributed by atoms with Crippen LogP contribution in [0.25, 0.3) is 0 Å². The maximum Gasteiger partial charge on any atom is 0.0536 e. The summed E-state index contributed by atoms with van der Waals surface area (Å²) in [6, 6.07) is 0. The third-order valence-corrected chi connectivity index (χ3v) is 2.49. The molecule has 0 atom stereocenters. The summed E-state index contributed by atoms with van der Waals surface area (Å²) in [5.74, 6) is 1.21. The SMILES string of the molecule is CCCc1c(CCl)cnn1CC(C)C. The molecule has 2 nitrogen and oxygen atoms in total. The van der Waals surface area contributed by atoms with Crippen molar-refractivity contribution in [2.45, 2.75) is 46.0 Å². The Bertz CT molecular complexity index is 279. The van der Waals surface area contributed by atoms with Gasteiger partial charge in [-0.1, -0.05) is 27.2 Å². The maximum absolute atomic E-state index is 5.86. The fourth-order valence-electron chi connectivity index (χ4n) is 1.59. The lowest BCUT2D eigenvalue weighted by Gasteiger charge is -2.10. The van der Waals surface area contributed by atoms with Gasteiger partial charge in [-0.15, -0.1) is 11.6 Å². The topological polar surface area (TPSA) is 17.8 Å². The zero-order valence-electron chi connectivity index (χ0n) is 9.26. The Balaban J connectivity index is 2.86. The number of hydrogen-bond donors (Lipinski definition) is 0. The molecular formula is C11H19ClN2. The van der Waals surface area contributed by atoms with Crippen molar-refractivity contribution in [1.29, 1.82) is 0 Å². The van der Waals surface area contributed by atoms with Crippen molar-refractivity contribution in [3.63, 3.8) is 0 Å². The summed E-state index contributed by atoms with van der Waals surface area (Å²) >= 11 is 5.86. The molecule has 0 fully saturated rings. The lowest BCUT2D eigenvalue weighted by atomic mass is 10.1. The van der Waals surface area contributed by atoms with Gasteiger partial charge in [-0.05, 0) is 12.3 Å². The number of nitrogens with zero attached hydrogens (tertiary/aromatic N) is 2. The van der Waals surface area contributed by atoms with E-state index in [-0.39, 0.29) is 0 Å². The molecule has 3 heteroatoms. The van der Waals surface area contributed by atoms with Gasteiger partial charge in [0, 0.05) is 17.8 Å². The van der Waals surface area contributed by atoms with E-state index in [1.165, 1.54) is 11.3 Å². The predicted octanol–water partition coefficient (Wildman–Crippen LogP) is 3.23. The molecule has 1 aromatic rings. The average Bonchev–Trinajstić information content (AvgIpc) is 2.48. The quantitative estimate of drug-likeness (QED) is 0.689. The van der Waals surface area contributed by atoms with Crippen LogP contribution in [0.1, 0.15) is 38.4 Å². The van der Waals surface area contributed by atoms with Crippen LogP contribution in [0.5, 0.6) is 0 Å². The molecule has 0 saturated heterocycles. The molecule has 0 radical (unpaired) electrons. The molecule has 0 aromatic carbocycles. The normalized spacial score (nSPS) is 11.2. The van der Waals surface area contributed by atoms with Crippen molar-refractivity contribution >= 4 is 11.6 Å². The summed E-state index contributed by atoms with van der Waals surface area (Å²) in [5.41, 5.74) is 2.50. The first kappa shape index (κ1) is 11.6. The fourth-order valence-corrected chi connectivity index (χ4v) is 1.81. The Hall–Kier alpha value is -0.500. The number of aromatic nitrogens is 2. The van der Waals surface area contributed by atoms with Crippen LogP contribution >= 0.6 is 11.6 Å². The molecule has 0 saturated carbocycles. The van der Waals surface area contributed by atoms with E-state index in [1.807, 2.05) is 6.20 Å². The Morgan fingerprint density at radius 3 is 2.71 bits per heavy atom. The first-order chi connectivity index (χ1) is 6.69. The first-order valence-corrected chi connectivity index (χ1v) is 5.82. The summed E-state index contributed by atoms with van der Waals surface area (Å²) in [7, 11) is 0. The van der Waals surface area contributed by atoms with E-state index in [2.05, 4.69) is 30.6 Å². The van der Waals surface area contributed by atoms with E-state index in [4.69, 9.17) is 11.6 Å². The zero-order chi connectivity index (χ0) is 10.6. The largest absolute Gasteiger partial charge is 0.269 e. The Kier molecular flexibility index (Phi) is 4.46. The van der Waals surface area contributed by atoms with Crippen LogP contribution < -0.4 is 0 Å². The highest BCUT2D eigenvalue weighted by Gasteiger charge is 2.09. The molecule has 0 aliphatic carbocycles. The average molecular weight is 215 g/mol. The van der Waals surface area contributed by atoms with Crippen LogP contribution in [0.3, 0.4) is 0 Å². The number of rotatable bonds is 5. The van der Waals surface area contributed by atoms with Gasteiger partial charge in [-0.3, -0.25) is 4.68 Å². The maximum atomic E-state index is 5.86. The molecule has 1 heterocycles. The minimum Gasteiger partial charge on any atom is -0.269 e. The van der Waals surface area contributed by atoms with Crippen LogP contribution in [0.4, 0.5) is 0 Å². The van der Waals surface area contributed by atoms with E-state index in [1.54, 1.807) is 0 Å². The minimum atomic E-state index is 0.577. The predicted molar refractivity (Wildman–Crippen MR) is 60.6 cm³/mol. The molecular weight excluding hydrogens is 196 g/mol. The Labute approximate surface area is 91.3 Å². The van der Waals surface area contributed by atoms with Crippen LogP contribution in [0, 0.1) is 5.92 Å². The van der Waals surface area contributed by atoms with Gasteiger partial charge in [0.05, 0.1) is 12.1 Å². The highest BCUT2D eigenvalue weighted by molar-refractivity contribution is 6.17. The Morgan fingerprint density at radius 2 is 2.21 bits per heavy atom. The van der Waals surface area contributed by atoms with Gasteiger partial charge in [0.25, 0.3) is 0 Å². The third kappa shape index (κ3) is 2.74. The van der Waals surface area contributed by atoms with Gasteiger partial charge in [0.2, 0.25) is 0 Å². The zero-order valence-corrected chi connectivity index (χ0v) is 10.0. The molecule has 0 bridgehead atoms. The van der Waals surface area contributed by atoms with E-state index in [9.17, 15) is 0 Å². The van der Waals surface area contributed by atoms with E-state index in [0.29, 0.717) is 11.8 Å². The fraction of sp³-hybridized carbons (Fsp3) is 0.727.